The molecule has 0 aromatic heterocycles. The summed E-state index contributed by atoms with van der Waals surface area (Å²) < 4.78 is 5.40. The van der Waals surface area contributed by atoms with Gasteiger partial charge >= 0.3 is 0 Å². The van der Waals surface area contributed by atoms with Crippen LogP contribution in [0.4, 0.5) is 5.69 Å². The van der Waals surface area contributed by atoms with Gasteiger partial charge in [0.2, 0.25) is 0 Å². The van der Waals surface area contributed by atoms with Gasteiger partial charge in [-0.25, -0.2) is 0 Å². The number of para-hydroxylation sites is 1. The Morgan fingerprint density at radius 2 is 2.28 bits per heavy atom. The van der Waals surface area contributed by atoms with Gasteiger partial charge in [-0.05, 0) is 24.5 Å². The fourth-order valence-corrected chi connectivity index (χ4v) is 2.94. The Bertz CT molecular complexity index is 438. The van der Waals surface area contributed by atoms with Crippen LogP contribution in [0.15, 0.2) is 24.3 Å². The summed E-state index contributed by atoms with van der Waals surface area (Å²) in [6.07, 6.45) is 2.68. The van der Waals surface area contributed by atoms with Crippen LogP contribution < -0.4 is 5.32 Å². The van der Waals surface area contributed by atoms with Gasteiger partial charge in [-0.3, -0.25) is 4.79 Å². The average molecular weight is 245 g/mol. The van der Waals surface area contributed by atoms with Crippen molar-refractivity contribution in [2.75, 3.05) is 25.1 Å². The molecule has 3 nitrogen and oxygen atoms in total. The quantitative estimate of drug-likeness (QED) is 0.889. The number of carbonyl (C=O) groups excluding carboxylic acids is 1. The number of hydrogen-bond donors (Lipinski definition) is 1. The van der Waals surface area contributed by atoms with Crippen molar-refractivity contribution in [2.45, 2.75) is 25.2 Å². The topological polar surface area (TPSA) is 38.3 Å². The lowest BCUT2D eigenvalue weighted by molar-refractivity contribution is -0.127. The maximum absolute atomic E-state index is 12.3. The molecule has 2 atom stereocenters. The average Bonchev–Trinajstić information content (AvgIpc) is 2.83. The molecule has 1 N–H and O–H groups in total. The zero-order valence-electron chi connectivity index (χ0n) is 10.5. The van der Waals surface area contributed by atoms with E-state index in [4.69, 9.17) is 4.74 Å². The Kier molecular flexibility index (Phi) is 3.33. The minimum absolute atomic E-state index is 0.131. The largest absolute Gasteiger partial charge is 0.384 e. The molecular formula is C15H19NO2. The van der Waals surface area contributed by atoms with Crippen molar-refractivity contribution in [3.8, 4) is 0 Å². The molecule has 0 aliphatic carbocycles. The van der Waals surface area contributed by atoms with Crippen molar-refractivity contribution in [3.63, 3.8) is 0 Å². The van der Waals surface area contributed by atoms with Gasteiger partial charge in [-0.1, -0.05) is 18.2 Å². The lowest BCUT2D eigenvalue weighted by Gasteiger charge is -2.22. The number of Topliss-reactive ketones (excluding diaryl/α,β-unsaturated/α-hetero) is 1. The van der Waals surface area contributed by atoms with Crippen molar-refractivity contribution >= 4 is 11.5 Å². The molecule has 3 heteroatoms. The summed E-state index contributed by atoms with van der Waals surface area (Å²) in [4.78, 5) is 12.3. The van der Waals surface area contributed by atoms with Gasteiger partial charge in [0, 0.05) is 37.1 Å². The summed E-state index contributed by atoms with van der Waals surface area (Å²) in [7, 11) is 0. The highest BCUT2D eigenvalue weighted by Gasteiger charge is 2.28. The zero-order chi connectivity index (χ0) is 12.4. The Hall–Kier alpha value is -1.35. The lowest BCUT2D eigenvalue weighted by Crippen LogP contribution is -2.26. The van der Waals surface area contributed by atoms with Gasteiger partial charge in [0.25, 0.3) is 0 Å². The summed E-state index contributed by atoms with van der Waals surface area (Å²) in [6, 6.07) is 8.30. The number of fused-ring (bicyclic) bond motifs is 1. The highest BCUT2D eigenvalue weighted by atomic mass is 16.5. The molecule has 18 heavy (non-hydrogen) atoms. The van der Waals surface area contributed by atoms with E-state index in [2.05, 4.69) is 17.4 Å². The smallest absolute Gasteiger partial charge is 0.138 e. The minimum Gasteiger partial charge on any atom is -0.384 e. The van der Waals surface area contributed by atoms with E-state index in [1.807, 2.05) is 12.1 Å². The molecular weight excluding hydrogens is 226 g/mol. The highest BCUT2D eigenvalue weighted by molar-refractivity contribution is 5.82. The number of carbonyl (C=O) groups is 1. The van der Waals surface area contributed by atoms with Crippen LogP contribution >= 0.6 is 0 Å². The molecule has 0 bridgehead atoms. The second-order valence-electron chi connectivity index (χ2n) is 5.25. The van der Waals surface area contributed by atoms with E-state index < -0.39 is 0 Å². The first kappa shape index (κ1) is 11.7. The predicted octanol–water partition coefficient (Wildman–Crippen LogP) is 2.58. The number of rotatable bonds is 3. The number of benzene rings is 1. The van der Waals surface area contributed by atoms with Gasteiger partial charge in [0.05, 0.1) is 6.61 Å². The Morgan fingerprint density at radius 3 is 3.11 bits per heavy atom. The fraction of sp³-hybridized carbons (Fsp3) is 0.533. The molecule has 2 aliphatic heterocycles. The van der Waals surface area contributed by atoms with Crippen LogP contribution in [-0.4, -0.2) is 25.5 Å². The van der Waals surface area contributed by atoms with E-state index in [1.165, 1.54) is 11.3 Å². The molecule has 1 saturated heterocycles. The first-order valence-corrected chi connectivity index (χ1v) is 6.78. The van der Waals surface area contributed by atoms with Gasteiger partial charge in [-0.15, -0.1) is 0 Å². The van der Waals surface area contributed by atoms with E-state index in [-0.39, 0.29) is 5.92 Å². The summed E-state index contributed by atoms with van der Waals surface area (Å²) in [5, 5.41) is 3.38. The molecule has 2 heterocycles. The van der Waals surface area contributed by atoms with Gasteiger partial charge in [0.1, 0.15) is 5.78 Å². The molecule has 2 unspecified atom stereocenters. The maximum Gasteiger partial charge on any atom is 0.138 e. The molecule has 1 aromatic carbocycles. The van der Waals surface area contributed by atoms with Crippen LogP contribution in [0.2, 0.25) is 0 Å². The third kappa shape index (κ3) is 2.27. The van der Waals surface area contributed by atoms with Gasteiger partial charge in [-0.2, -0.15) is 0 Å². The number of anilines is 1. The van der Waals surface area contributed by atoms with Gasteiger partial charge < -0.3 is 10.1 Å². The van der Waals surface area contributed by atoms with Crippen LogP contribution in [0.3, 0.4) is 0 Å². The molecule has 96 valence electrons. The summed E-state index contributed by atoms with van der Waals surface area (Å²) in [5.41, 5.74) is 2.48. The standard InChI is InChI=1S/C15H19NO2/c17-15(11-4-3-7-18-10-11)8-12-9-16-14-6-2-1-5-13(12)14/h1-2,5-6,11-12,16H,3-4,7-10H2. The van der Waals surface area contributed by atoms with E-state index in [0.29, 0.717) is 24.7 Å². The SMILES string of the molecule is O=C(CC1CNc2ccccc21)C1CCCOC1. The van der Waals surface area contributed by atoms with E-state index >= 15 is 0 Å². The minimum atomic E-state index is 0.131. The third-order valence-electron chi connectivity index (χ3n) is 4.00. The van der Waals surface area contributed by atoms with Gasteiger partial charge in [0.15, 0.2) is 0 Å². The van der Waals surface area contributed by atoms with Crippen molar-refractivity contribution in [2.24, 2.45) is 5.92 Å². The molecule has 0 radical (unpaired) electrons. The second-order valence-corrected chi connectivity index (χ2v) is 5.25. The number of ether oxygens (including phenoxy) is 1. The Morgan fingerprint density at radius 1 is 1.39 bits per heavy atom. The highest BCUT2D eigenvalue weighted by Crippen LogP contribution is 2.34. The van der Waals surface area contributed by atoms with Crippen LogP contribution in [0, 0.1) is 5.92 Å². The molecule has 3 rings (SSSR count). The summed E-state index contributed by atoms with van der Waals surface area (Å²) in [5.74, 6) is 0.848. The zero-order valence-corrected chi connectivity index (χ0v) is 10.5. The second kappa shape index (κ2) is 5.11. The van der Waals surface area contributed by atoms with Crippen LogP contribution in [0.5, 0.6) is 0 Å². The van der Waals surface area contributed by atoms with Crippen LogP contribution in [0.1, 0.15) is 30.7 Å². The maximum atomic E-state index is 12.3. The number of ketones is 1. The molecule has 2 aliphatic rings. The lowest BCUT2D eigenvalue weighted by atomic mass is 9.88. The van der Waals surface area contributed by atoms with E-state index in [1.54, 1.807) is 0 Å². The monoisotopic (exact) mass is 245 g/mol. The van der Waals surface area contributed by atoms with E-state index in [0.717, 1.165) is 26.0 Å². The molecule has 0 saturated carbocycles. The third-order valence-corrected chi connectivity index (χ3v) is 4.00. The number of nitrogens with one attached hydrogen (secondary N) is 1. The Labute approximate surface area is 108 Å². The van der Waals surface area contributed by atoms with E-state index in [9.17, 15) is 4.79 Å². The fourth-order valence-electron chi connectivity index (χ4n) is 2.94. The molecule has 1 aromatic rings. The summed E-state index contributed by atoms with van der Waals surface area (Å²) in [6.45, 7) is 2.33. The summed E-state index contributed by atoms with van der Waals surface area (Å²) >= 11 is 0. The Balaban J connectivity index is 1.65. The molecule has 1 fully saturated rings. The first-order valence-electron chi connectivity index (χ1n) is 6.78. The first-order chi connectivity index (χ1) is 8.84. The predicted molar refractivity (Wildman–Crippen MR) is 70.8 cm³/mol. The van der Waals surface area contributed by atoms with Crippen LogP contribution in [-0.2, 0) is 9.53 Å². The molecule has 0 spiro atoms. The van der Waals surface area contributed by atoms with Crippen molar-refractivity contribution in [3.05, 3.63) is 29.8 Å². The van der Waals surface area contributed by atoms with Crippen LogP contribution in [0.25, 0.3) is 0 Å². The van der Waals surface area contributed by atoms with Crippen molar-refractivity contribution in [1.29, 1.82) is 0 Å². The molecule has 0 amide bonds. The van der Waals surface area contributed by atoms with Crippen molar-refractivity contribution < 1.29 is 9.53 Å². The number of hydrogen-bond acceptors (Lipinski definition) is 3. The normalized spacial score (nSPS) is 26.4. The van der Waals surface area contributed by atoms with Crippen molar-refractivity contribution in [1.82, 2.24) is 0 Å².